The molecule has 4 nitrogen and oxygen atoms in total. The number of aromatic nitrogens is 3. The van der Waals surface area contributed by atoms with E-state index in [4.69, 9.17) is 15.0 Å². The van der Waals surface area contributed by atoms with Gasteiger partial charge in [-0.2, -0.15) is 5.26 Å². The van der Waals surface area contributed by atoms with Crippen molar-refractivity contribution >= 4 is 0 Å². The van der Waals surface area contributed by atoms with E-state index in [9.17, 15) is 5.26 Å². The van der Waals surface area contributed by atoms with Crippen molar-refractivity contribution in [2.24, 2.45) is 0 Å². The van der Waals surface area contributed by atoms with Gasteiger partial charge in [-0.25, -0.2) is 15.0 Å². The molecule has 0 saturated carbocycles. The first kappa shape index (κ1) is 35.4. The quantitative estimate of drug-likeness (QED) is 0.175. The lowest BCUT2D eigenvalue weighted by atomic mass is 9.55. The molecule has 11 rings (SSSR count). The summed E-state index contributed by atoms with van der Waals surface area (Å²) in [5, 5.41) is 9.55. The lowest BCUT2D eigenvalue weighted by Crippen LogP contribution is -2.40. The largest absolute Gasteiger partial charge is 0.208 e. The summed E-state index contributed by atoms with van der Waals surface area (Å²) >= 11 is 0. The molecule has 2 aliphatic carbocycles. The van der Waals surface area contributed by atoms with Crippen molar-refractivity contribution in [2.75, 3.05) is 0 Å². The molecule has 1 aromatic heterocycles. The molecule has 0 unspecified atom stereocenters. The van der Waals surface area contributed by atoms with E-state index >= 15 is 0 Å². The monoisotopic (exact) mass is 766 g/mol. The molecular weight excluding hydrogens is 729 g/mol. The third-order valence-electron chi connectivity index (χ3n) is 12.6. The molecule has 60 heavy (non-hydrogen) atoms. The van der Waals surface area contributed by atoms with Crippen LogP contribution in [0.2, 0.25) is 0 Å². The van der Waals surface area contributed by atoms with Gasteiger partial charge in [0.25, 0.3) is 0 Å². The van der Waals surface area contributed by atoms with E-state index < -0.39 is 5.41 Å². The standard InChI is InChI=1S/C56H38N4/c1-55(2)48-25-8-10-27-50(48)56(51-28-11-9-26-49(51)55)46-24-7-6-23-44(46)45-34-41(29-30-47(45)56)40-20-14-22-43(33-40)54-59-52(37-16-4-3-5-17-37)58-53(60-54)42-21-13-19-39(32-42)38-18-12-15-36(31-38)35-57/h3-34H,1-2H3. The van der Waals surface area contributed by atoms with Crippen molar-refractivity contribution in [2.45, 2.75) is 24.7 Å². The van der Waals surface area contributed by atoms with Crippen LogP contribution >= 0.6 is 0 Å². The summed E-state index contributed by atoms with van der Waals surface area (Å²) in [6.07, 6.45) is 0. The van der Waals surface area contributed by atoms with Crippen molar-refractivity contribution in [3.63, 3.8) is 0 Å². The fraction of sp³-hybridized carbons (Fsp3) is 0.0714. The highest BCUT2D eigenvalue weighted by Gasteiger charge is 2.53. The van der Waals surface area contributed by atoms with Gasteiger partial charge in [-0.05, 0) is 97.1 Å². The van der Waals surface area contributed by atoms with Gasteiger partial charge in [-0.15, -0.1) is 0 Å². The smallest absolute Gasteiger partial charge is 0.164 e. The Labute approximate surface area is 350 Å². The van der Waals surface area contributed by atoms with Crippen LogP contribution in [0.15, 0.2) is 194 Å². The maximum absolute atomic E-state index is 9.55. The Balaban J connectivity index is 1.05. The Hall–Kier alpha value is -7.74. The predicted molar refractivity (Wildman–Crippen MR) is 241 cm³/mol. The minimum atomic E-state index is -0.431. The summed E-state index contributed by atoms with van der Waals surface area (Å²) in [5.41, 5.74) is 17.5. The first-order valence-corrected chi connectivity index (χ1v) is 20.4. The highest BCUT2D eigenvalue weighted by molar-refractivity contribution is 5.91. The predicted octanol–water partition coefficient (Wildman–Crippen LogP) is 13.1. The molecule has 0 fully saturated rings. The average Bonchev–Trinajstić information content (AvgIpc) is 3.61. The Morgan fingerprint density at radius 3 is 1.38 bits per heavy atom. The molecule has 0 aliphatic heterocycles. The lowest BCUT2D eigenvalue weighted by Gasteiger charge is -2.46. The Kier molecular flexibility index (Phi) is 8.08. The van der Waals surface area contributed by atoms with Crippen LogP contribution in [0.4, 0.5) is 0 Å². The molecule has 282 valence electrons. The second kappa shape index (κ2) is 13.7. The molecule has 4 heteroatoms. The molecule has 0 radical (unpaired) electrons. The first-order chi connectivity index (χ1) is 29.4. The molecule has 0 atom stereocenters. The third kappa shape index (κ3) is 5.40. The summed E-state index contributed by atoms with van der Waals surface area (Å²) in [6.45, 7) is 4.73. The minimum absolute atomic E-state index is 0.140. The van der Waals surface area contributed by atoms with Crippen LogP contribution in [0.5, 0.6) is 0 Å². The number of nitriles is 1. The number of rotatable bonds is 5. The molecule has 0 bridgehead atoms. The van der Waals surface area contributed by atoms with Gasteiger partial charge in [0, 0.05) is 22.1 Å². The van der Waals surface area contributed by atoms with Crippen LogP contribution in [0, 0.1) is 11.3 Å². The molecule has 1 spiro atoms. The first-order valence-electron chi connectivity index (χ1n) is 20.4. The summed E-state index contributed by atoms with van der Waals surface area (Å²) in [7, 11) is 0. The van der Waals surface area contributed by atoms with Crippen LogP contribution in [-0.4, -0.2) is 15.0 Å². The van der Waals surface area contributed by atoms with Gasteiger partial charge < -0.3 is 0 Å². The van der Waals surface area contributed by atoms with E-state index in [1.165, 1.54) is 44.5 Å². The molecule has 0 N–H and O–H groups in total. The van der Waals surface area contributed by atoms with Crippen LogP contribution in [0.25, 0.3) is 67.5 Å². The molecule has 0 amide bonds. The van der Waals surface area contributed by atoms with Crippen molar-refractivity contribution in [3.05, 3.63) is 233 Å². The molecule has 2 aliphatic rings. The second-order valence-corrected chi connectivity index (χ2v) is 16.3. The normalized spacial score (nSPS) is 13.8. The van der Waals surface area contributed by atoms with Gasteiger partial charge in [0.1, 0.15) is 0 Å². The number of fused-ring (bicyclic) bond motifs is 9. The summed E-state index contributed by atoms with van der Waals surface area (Å²) < 4.78 is 0. The van der Waals surface area contributed by atoms with Gasteiger partial charge in [0.15, 0.2) is 17.5 Å². The molecule has 1 heterocycles. The van der Waals surface area contributed by atoms with Gasteiger partial charge >= 0.3 is 0 Å². The number of nitrogens with zero attached hydrogens (tertiary/aromatic N) is 4. The highest BCUT2D eigenvalue weighted by Crippen LogP contribution is 2.62. The molecular formula is C56H38N4. The van der Waals surface area contributed by atoms with Gasteiger partial charge in [-0.3, -0.25) is 0 Å². The fourth-order valence-electron chi connectivity index (χ4n) is 9.84. The highest BCUT2D eigenvalue weighted by atomic mass is 15.0. The summed E-state index contributed by atoms with van der Waals surface area (Å²) in [4.78, 5) is 15.2. The number of benzene rings is 8. The lowest BCUT2D eigenvalue weighted by molar-refractivity contribution is 0.563. The fourth-order valence-corrected chi connectivity index (χ4v) is 9.84. The zero-order valence-corrected chi connectivity index (χ0v) is 33.3. The molecule has 8 aromatic carbocycles. The van der Waals surface area contributed by atoms with Crippen LogP contribution < -0.4 is 0 Å². The Morgan fingerprint density at radius 1 is 0.350 bits per heavy atom. The van der Waals surface area contributed by atoms with Crippen molar-refractivity contribution < 1.29 is 0 Å². The van der Waals surface area contributed by atoms with E-state index in [0.29, 0.717) is 23.0 Å². The van der Waals surface area contributed by atoms with Gasteiger partial charge in [0.2, 0.25) is 0 Å². The number of hydrogen-bond donors (Lipinski definition) is 0. The topological polar surface area (TPSA) is 62.5 Å². The maximum Gasteiger partial charge on any atom is 0.164 e. The van der Waals surface area contributed by atoms with Crippen LogP contribution in [0.1, 0.15) is 52.8 Å². The van der Waals surface area contributed by atoms with Crippen molar-refractivity contribution in [1.82, 2.24) is 15.0 Å². The third-order valence-corrected chi connectivity index (χ3v) is 12.6. The zero-order valence-electron chi connectivity index (χ0n) is 33.3. The van der Waals surface area contributed by atoms with Gasteiger partial charge in [0.05, 0.1) is 17.0 Å². The molecule has 0 saturated heterocycles. The van der Waals surface area contributed by atoms with E-state index in [-0.39, 0.29) is 5.41 Å². The SMILES string of the molecule is CC1(C)c2ccccc2C2(c3ccccc3-c3cc(-c4cccc(-c5nc(-c6ccccc6)nc(-c6cccc(-c7cccc(C#N)c7)c6)n5)c4)ccc32)c2ccccc21. The Bertz CT molecular complexity index is 3160. The van der Waals surface area contributed by atoms with Crippen LogP contribution in [0.3, 0.4) is 0 Å². The Morgan fingerprint density at radius 2 is 0.783 bits per heavy atom. The number of hydrogen-bond acceptors (Lipinski definition) is 4. The average molecular weight is 767 g/mol. The van der Waals surface area contributed by atoms with E-state index in [1.54, 1.807) is 0 Å². The molecule has 9 aromatic rings. The summed E-state index contributed by atoms with van der Waals surface area (Å²) in [6, 6.07) is 70.9. The van der Waals surface area contributed by atoms with Crippen LogP contribution in [-0.2, 0) is 10.8 Å². The minimum Gasteiger partial charge on any atom is -0.208 e. The van der Waals surface area contributed by atoms with E-state index in [2.05, 4.69) is 141 Å². The second-order valence-electron chi connectivity index (χ2n) is 16.3. The summed E-state index contributed by atoms with van der Waals surface area (Å²) in [5.74, 6) is 1.79. The maximum atomic E-state index is 9.55. The van der Waals surface area contributed by atoms with Crippen molar-refractivity contribution in [3.8, 4) is 73.6 Å². The van der Waals surface area contributed by atoms with E-state index in [1.807, 2.05) is 72.8 Å². The van der Waals surface area contributed by atoms with Gasteiger partial charge in [-0.1, -0.05) is 178 Å². The zero-order chi connectivity index (χ0) is 40.4. The van der Waals surface area contributed by atoms with E-state index in [0.717, 1.165) is 38.9 Å². The van der Waals surface area contributed by atoms with Crippen molar-refractivity contribution in [1.29, 1.82) is 5.26 Å².